The highest BCUT2D eigenvalue weighted by molar-refractivity contribution is 7.23. The first-order valence-corrected chi connectivity index (χ1v) is 11.9. The van der Waals surface area contributed by atoms with Crippen LogP contribution in [0.1, 0.15) is 27.7 Å². The molecule has 170 valence electrons. The van der Waals surface area contributed by atoms with Crippen molar-refractivity contribution in [2.45, 2.75) is 45.4 Å². The second kappa shape index (κ2) is 8.36. The predicted octanol–water partition coefficient (Wildman–Crippen LogP) is 4.01. The molecule has 0 unspecified atom stereocenters. The summed E-state index contributed by atoms with van der Waals surface area (Å²) in [4.78, 5) is 9.95. The minimum atomic E-state index is -0.430. The zero-order valence-corrected chi connectivity index (χ0v) is 20.4. The second-order valence-corrected chi connectivity index (χ2v) is 10.4. The van der Waals surface area contributed by atoms with Gasteiger partial charge >= 0.3 is 7.12 Å². The van der Waals surface area contributed by atoms with Crippen LogP contribution in [0.2, 0.25) is 5.02 Å². The highest BCUT2D eigenvalue weighted by Gasteiger charge is 2.52. The Kier molecular flexibility index (Phi) is 5.64. The number of thiophene rings is 1. The molecule has 1 N–H and O–H groups in total. The van der Waals surface area contributed by atoms with Gasteiger partial charge in [-0.05, 0) is 39.1 Å². The van der Waals surface area contributed by atoms with E-state index in [4.69, 9.17) is 20.9 Å². The molecule has 1 aliphatic heterocycles. The minimum Gasteiger partial charge on any atom is -0.399 e. The van der Waals surface area contributed by atoms with Gasteiger partial charge in [0.2, 0.25) is 5.95 Å². The number of hydrogen-bond acceptors (Lipinski definition) is 8. The lowest BCUT2D eigenvalue weighted by atomic mass is 9.78. The summed E-state index contributed by atoms with van der Waals surface area (Å²) in [5.41, 5.74) is 0.903. The lowest BCUT2D eigenvalue weighted by molar-refractivity contribution is 0.00578. The summed E-state index contributed by atoms with van der Waals surface area (Å²) >= 11 is 8.12. The van der Waals surface area contributed by atoms with Crippen molar-refractivity contribution in [2.75, 3.05) is 11.9 Å². The molecule has 1 aromatic carbocycles. The van der Waals surface area contributed by atoms with Crippen LogP contribution in [-0.4, -0.2) is 49.8 Å². The van der Waals surface area contributed by atoms with Crippen molar-refractivity contribution in [3.8, 4) is 10.6 Å². The van der Waals surface area contributed by atoms with Crippen LogP contribution in [0.15, 0.2) is 42.9 Å². The molecule has 11 heteroatoms. The minimum absolute atomic E-state index is 0.400. The summed E-state index contributed by atoms with van der Waals surface area (Å²) in [6, 6.07) is 8.26. The number of fused-ring (bicyclic) bond motifs is 1. The summed E-state index contributed by atoms with van der Waals surface area (Å²) < 4.78 is 15.4. The molecular weight excluding hydrogens is 459 g/mol. The monoisotopic (exact) mass is 482 g/mol. The SMILES string of the molecule is CC1(C)OB(c2cccc3cc(-c4nc(NCCn5ccnn5)ncc4Cl)sc23)OC1(C)C. The van der Waals surface area contributed by atoms with E-state index in [-0.39, 0.29) is 0 Å². The van der Waals surface area contributed by atoms with Gasteiger partial charge in [0.05, 0.1) is 40.0 Å². The van der Waals surface area contributed by atoms with E-state index in [1.54, 1.807) is 28.4 Å². The predicted molar refractivity (Wildman–Crippen MR) is 132 cm³/mol. The molecule has 0 amide bonds. The van der Waals surface area contributed by atoms with Gasteiger partial charge in [-0.1, -0.05) is 35.0 Å². The zero-order valence-electron chi connectivity index (χ0n) is 18.9. The summed E-state index contributed by atoms with van der Waals surface area (Å²) in [5, 5.41) is 12.6. The van der Waals surface area contributed by atoms with Crippen molar-refractivity contribution in [1.82, 2.24) is 25.0 Å². The standard InChI is InChI=1S/C22H24BClN6O2S/c1-21(2)22(3,4)32-23(31-21)15-7-5-6-14-12-17(33-19(14)15)18-16(24)13-26-20(28-18)25-8-10-30-11-9-27-29-30/h5-7,9,11-13H,8,10H2,1-4H3,(H,25,26,28). The van der Waals surface area contributed by atoms with Gasteiger partial charge in [-0.3, -0.25) is 4.68 Å². The van der Waals surface area contributed by atoms with Gasteiger partial charge in [0.15, 0.2) is 0 Å². The van der Waals surface area contributed by atoms with E-state index in [1.165, 1.54) is 0 Å². The average molecular weight is 483 g/mol. The molecule has 33 heavy (non-hydrogen) atoms. The molecule has 0 radical (unpaired) electrons. The number of nitrogens with one attached hydrogen (secondary N) is 1. The van der Waals surface area contributed by atoms with Crippen molar-refractivity contribution in [2.24, 2.45) is 0 Å². The average Bonchev–Trinajstić information content (AvgIpc) is 3.47. The van der Waals surface area contributed by atoms with E-state index in [2.05, 4.69) is 71.5 Å². The van der Waals surface area contributed by atoms with Crippen LogP contribution < -0.4 is 10.8 Å². The van der Waals surface area contributed by atoms with Crippen LogP contribution in [0.4, 0.5) is 5.95 Å². The Morgan fingerprint density at radius 2 is 1.97 bits per heavy atom. The third-order valence-corrected chi connectivity index (χ3v) is 7.64. The largest absolute Gasteiger partial charge is 0.496 e. The molecule has 0 bridgehead atoms. The summed E-state index contributed by atoms with van der Waals surface area (Å²) in [5.74, 6) is 0.512. The Labute approximate surface area is 201 Å². The molecule has 0 spiro atoms. The molecule has 1 aliphatic rings. The summed E-state index contributed by atoms with van der Waals surface area (Å²) in [6.45, 7) is 9.51. The van der Waals surface area contributed by atoms with E-state index >= 15 is 0 Å². The maximum Gasteiger partial charge on any atom is 0.496 e. The molecule has 3 aromatic heterocycles. The van der Waals surface area contributed by atoms with Crippen LogP contribution >= 0.6 is 22.9 Å². The summed E-state index contributed by atoms with van der Waals surface area (Å²) in [7, 11) is -0.430. The molecule has 0 saturated carbocycles. The first-order valence-electron chi connectivity index (χ1n) is 10.7. The van der Waals surface area contributed by atoms with E-state index in [1.807, 2.05) is 12.3 Å². The van der Waals surface area contributed by atoms with Crippen LogP contribution in [-0.2, 0) is 15.9 Å². The molecule has 5 rings (SSSR count). The Balaban J connectivity index is 1.43. The van der Waals surface area contributed by atoms with Gasteiger partial charge in [-0.25, -0.2) is 9.97 Å². The normalized spacial score (nSPS) is 17.1. The van der Waals surface area contributed by atoms with E-state index in [0.29, 0.717) is 29.8 Å². The fraction of sp³-hybridized carbons (Fsp3) is 0.364. The molecule has 8 nitrogen and oxygen atoms in total. The lowest BCUT2D eigenvalue weighted by Crippen LogP contribution is -2.41. The number of benzene rings is 1. The third kappa shape index (κ3) is 4.24. The van der Waals surface area contributed by atoms with E-state index in [0.717, 1.165) is 20.4 Å². The molecular formula is C22H24BClN6O2S. The third-order valence-electron chi connectivity index (χ3n) is 6.16. The first-order chi connectivity index (χ1) is 15.7. The van der Waals surface area contributed by atoms with Crippen LogP contribution in [0.5, 0.6) is 0 Å². The smallest absolute Gasteiger partial charge is 0.399 e. The molecule has 1 saturated heterocycles. The highest BCUT2D eigenvalue weighted by Crippen LogP contribution is 2.39. The number of halogens is 1. The Morgan fingerprint density at radius 3 is 2.70 bits per heavy atom. The van der Waals surface area contributed by atoms with Gasteiger partial charge in [0.25, 0.3) is 0 Å². The van der Waals surface area contributed by atoms with Crippen molar-refractivity contribution in [3.05, 3.63) is 47.9 Å². The quantitative estimate of drug-likeness (QED) is 0.415. The molecule has 0 atom stereocenters. The molecule has 4 heterocycles. The number of anilines is 1. The van der Waals surface area contributed by atoms with Gasteiger partial charge in [0, 0.05) is 22.9 Å². The van der Waals surface area contributed by atoms with Crippen molar-refractivity contribution >= 4 is 51.6 Å². The highest BCUT2D eigenvalue weighted by atomic mass is 35.5. The van der Waals surface area contributed by atoms with E-state index < -0.39 is 18.3 Å². The number of hydrogen-bond donors (Lipinski definition) is 1. The fourth-order valence-corrected chi connectivity index (χ4v) is 5.05. The van der Waals surface area contributed by atoms with Crippen LogP contribution in [0.25, 0.3) is 20.7 Å². The van der Waals surface area contributed by atoms with Crippen LogP contribution in [0.3, 0.4) is 0 Å². The Morgan fingerprint density at radius 1 is 1.18 bits per heavy atom. The number of rotatable bonds is 6. The van der Waals surface area contributed by atoms with Crippen LogP contribution in [0, 0.1) is 0 Å². The van der Waals surface area contributed by atoms with Crippen molar-refractivity contribution in [3.63, 3.8) is 0 Å². The lowest BCUT2D eigenvalue weighted by Gasteiger charge is -2.32. The molecule has 1 fully saturated rings. The fourth-order valence-electron chi connectivity index (χ4n) is 3.62. The Hall–Kier alpha value is -2.53. The van der Waals surface area contributed by atoms with Gasteiger partial charge in [0.1, 0.15) is 5.69 Å². The first kappa shape index (κ1) is 22.3. The van der Waals surface area contributed by atoms with Gasteiger partial charge in [-0.2, -0.15) is 0 Å². The maximum absolute atomic E-state index is 6.50. The molecule has 4 aromatic rings. The van der Waals surface area contributed by atoms with Crippen molar-refractivity contribution in [1.29, 1.82) is 0 Å². The number of nitrogens with zero attached hydrogens (tertiary/aromatic N) is 5. The maximum atomic E-state index is 6.50. The zero-order chi connectivity index (χ0) is 23.2. The van der Waals surface area contributed by atoms with Gasteiger partial charge < -0.3 is 14.6 Å². The second-order valence-electron chi connectivity index (χ2n) is 8.95. The molecule has 0 aliphatic carbocycles. The van der Waals surface area contributed by atoms with Crippen molar-refractivity contribution < 1.29 is 9.31 Å². The van der Waals surface area contributed by atoms with E-state index in [9.17, 15) is 0 Å². The topological polar surface area (TPSA) is 87.0 Å². The summed E-state index contributed by atoms with van der Waals surface area (Å²) in [6.07, 6.45) is 5.09. The Bertz CT molecular complexity index is 1280. The van der Waals surface area contributed by atoms with Gasteiger partial charge in [-0.15, -0.1) is 16.4 Å². The number of aromatic nitrogens is 5.